The van der Waals surface area contributed by atoms with Crippen molar-refractivity contribution in [2.75, 3.05) is 32.6 Å². The number of rotatable bonds is 12. The summed E-state index contributed by atoms with van der Waals surface area (Å²) in [6.45, 7) is 1.26. The van der Waals surface area contributed by atoms with E-state index in [0.29, 0.717) is 34.8 Å². The number of fused-ring (bicyclic) bond motifs is 1. The SMILES string of the molecule is CNCCCOc1cc2nccc(Oc3c(F)cc(NC(=O)c4cnccc4OC4CC4)cc3F)c2cc1OC. The summed E-state index contributed by atoms with van der Waals surface area (Å²) in [6.07, 6.45) is 7.00. The van der Waals surface area contributed by atoms with Crippen molar-refractivity contribution in [3.05, 3.63) is 72.2 Å². The van der Waals surface area contributed by atoms with E-state index < -0.39 is 23.3 Å². The number of pyridine rings is 2. The van der Waals surface area contributed by atoms with Gasteiger partial charge in [-0.1, -0.05) is 0 Å². The molecule has 4 aromatic rings. The lowest BCUT2D eigenvalue weighted by molar-refractivity contribution is 0.102. The Bertz CT molecular complexity index is 1510. The fourth-order valence-electron chi connectivity index (χ4n) is 3.98. The van der Waals surface area contributed by atoms with Crippen LogP contribution in [0.4, 0.5) is 14.5 Å². The number of nitrogens with one attached hydrogen (secondary N) is 2. The van der Waals surface area contributed by atoms with Crippen LogP contribution in [-0.2, 0) is 0 Å². The Balaban J connectivity index is 1.36. The van der Waals surface area contributed by atoms with Crippen molar-refractivity contribution in [2.45, 2.75) is 25.4 Å². The lowest BCUT2D eigenvalue weighted by atomic mass is 10.1. The summed E-state index contributed by atoms with van der Waals surface area (Å²) in [6, 6.07) is 8.37. The summed E-state index contributed by atoms with van der Waals surface area (Å²) in [7, 11) is 3.36. The van der Waals surface area contributed by atoms with Crippen LogP contribution in [0.3, 0.4) is 0 Å². The standard InChI is InChI=1S/C29H28F2N4O5/c1-32-8-3-11-38-27-15-23-19(14-26(27)37-2)24(7-10-34-23)40-28-21(30)12-17(13-22(28)31)35-29(36)20-16-33-9-6-25(20)39-18-4-5-18/h6-7,9-10,12-16,18,32H,3-5,8,11H2,1-2H3,(H,35,36). The Morgan fingerprint density at radius 1 is 1.02 bits per heavy atom. The van der Waals surface area contributed by atoms with Gasteiger partial charge in [0.2, 0.25) is 0 Å². The third-order valence-electron chi connectivity index (χ3n) is 6.13. The molecule has 2 aromatic carbocycles. The quantitative estimate of drug-likeness (QED) is 0.223. The number of benzene rings is 2. The van der Waals surface area contributed by atoms with Gasteiger partial charge in [-0.2, -0.15) is 0 Å². The van der Waals surface area contributed by atoms with E-state index in [0.717, 1.165) is 37.9 Å². The summed E-state index contributed by atoms with van der Waals surface area (Å²) < 4.78 is 52.9. The van der Waals surface area contributed by atoms with Crippen molar-refractivity contribution < 1.29 is 32.5 Å². The molecular weight excluding hydrogens is 522 g/mol. The van der Waals surface area contributed by atoms with Gasteiger partial charge in [0.1, 0.15) is 11.5 Å². The van der Waals surface area contributed by atoms with Crippen molar-refractivity contribution in [3.63, 3.8) is 0 Å². The maximum absolute atomic E-state index is 15.1. The third-order valence-corrected chi connectivity index (χ3v) is 6.13. The number of methoxy groups -OCH3 is 1. The third kappa shape index (κ3) is 6.20. The number of ether oxygens (including phenoxy) is 4. The molecule has 9 nitrogen and oxygen atoms in total. The van der Waals surface area contributed by atoms with Crippen LogP contribution in [-0.4, -0.2) is 49.3 Å². The number of halogens is 2. The first-order chi connectivity index (χ1) is 19.5. The van der Waals surface area contributed by atoms with Crippen LogP contribution >= 0.6 is 0 Å². The topological polar surface area (TPSA) is 104 Å². The molecule has 208 valence electrons. The average molecular weight is 551 g/mol. The molecule has 1 aliphatic carbocycles. The zero-order valence-corrected chi connectivity index (χ0v) is 22.0. The van der Waals surface area contributed by atoms with Gasteiger partial charge < -0.3 is 29.6 Å². The summed E-state index contributed by atoms with van der Waals surface area (Å²) in [5.74, 6) is -1.79. The maximum atomic E-state index is 15.1. The highest BCUT2D eigenvalue weighted by atomic mass is 19.1. The Kier molecular flexibility index (Phi) is 8.20. The van der Waals surface area contributed by atoms with E-state index in [2.05, 4.69) is 20.6 Å². The van der Waals surface area contributed by atoms with Crippen molar-refractivity contribution in [3.8, 4) is 28.7 Å². The van der Waals surface area contributed by atoms with Gasteiger partial charge in [0.25, 0.3) is 5.91 Å². The zero-order chi connectivity index (χ0) is 28.1. The number of aromatic nitrogens is 2. The van der Waals surface area contributed by atoms with Gasteiger partial charge in [-0.15, -0.1) is 0 Å². The molecule has 0 unspecified atom stereocenters. The average Bonchev–Trinajstić information content (AvgIpc) is 3.77. The molecule has 2 heterocycles. The molecule has 2 N–H and O–H groups in total. The van der Waals surface area contributed by atoms with E-state index in [1.165, 1.54) is 31.8 Å². The molecule has 0 atom stereocenters. The Hall–Kier alpha value is -4.51. The van der Waals surface area contributed by atoms with E-state index in [1.54, 1.807) is 18.2 Å². The fourth-order valence-corrected chi connectivity index (χ4v) is 3.98. The van der Waals surface area contributed by atoms with E-state index >= 15 is 8.78 Å². The minimum Gasteiger partial charge on any atom is -0.493 e. The predicted molar refractivity (Wildman–Crippen MR) is 145 cm³/mol. The Morgan fingerprint density at radius 3 is 2.52 bits per heavy atom. The van der Waals surface area contributed by atoms with Crippen LogP contribution in [0.1, 0.15) is 29.6 Å². The second-order valence-corrected chi connectivity index (χ2v) is 9.15. The molecule has 0 saturated heterocycles. The molecule has 0 spiro atoms. The minimum absolute atomic E-state index is 0.0620. The molecule has 1 fully saturated rings. The van der Waals surface area contributed by atoms with Crippen molar-refractivity contribution >= 4 is 22.5 Å². The number of hydrogen-bond donors (Lipinski definition) is 2. The van der Waals surface area contributed by atoms with E-state index in [9.17, 15) is 4.79 Å². The van der Waals surface area contributed by atoms with Crippen LogP contribution in [0, 0.1) is 11.6 Å². The summed E-state index contributed by atoms with van der Waals surface area (Å²) in [5.41, 5.74) is 0.570. The molecule has 0 radical (unpaired) electrons. The molecule has 0 bridgehead atoms. The van der Waals surface area contributed by atoms with E-state index in [1.807, 2.05) is 7.05 Å². The molecule has 2 aromatic heterocycles. The highest BCUT2D eigenvalue weighted by Gasteiger charge is 2.26. The van der Waals surface area contributed by atoms with Crippen molar-refractivity contribution in [2.24, 2.45) is 0 Å². The molecule has 1 saturated carbocycles. The molecule has 0 aliphatic heterocycles. The van der Waals surface area contributed by atoms with Crippen LogP contribution in [0.5, 0.6) is 28.7 Å². The van der Waals surface area contributed by atoms with E-state index in [-0.39, 0.29) is 23.1 Å². The molecular formula is C29H28F2N4O5. The molecule has 1 aliphatic rings. The normalized spacial score (nSPS) is 12.7. The van der Waals surface area contributed by atoms with Gasteiger partial charge in [0, 0.05) is 47.9 Å². The molecule has 11 heteroatoms. The maximum Gasteiger partial charge on any atom is 0.261 e. The summed E-state index contributed by atoms with van der Waals surface area (Å²) in [5, 5.41) is 6.02. The smallest absolute Gasteiger partial charge is 0.261 e. The number of carbonyl (C=O) groups is 1. The van der Waals surface area contributed by atoms with Gasteiger partial charge >= 0.3 is 0 Å². The number of amides is 1. The number of nitrogens with zero attached hydrogens (tertiary/aromatic N) is 2. The van der Waals surface area contributed by atoms with Crippen LogP contribution in [0.15, 0.2) is 55.0 Å². The Morgan fingerprint density at radius 2 is 1.80 bits per heavy atom. The largest absolute Gasteiger partial charge is 0.493 e. The van der Waals surface area contributed by atoms with Crippen LogP contribution in [0.25, 0.3) is 10.9 Å². The molecule has 40 heavy (non-hydrogen) atoms. The zero-order valence-electron chi connectivity index (χ0n) is 22.0. The fraction of sp³-hybridized carbons (Fsp3) is 0.276. The first kappa shape index (κ1) is 27.1. The van der Waals surface area contributed by atoms with Gasteiger partial charge in [0.05, 0.1) is 30.9 Å². The van der Waals surface area contributed by atoms with Crippen LogP contribution < -0.4 is 29.6 Å². The van der Waals surface area contributed by atoms with Gasteiger partial charge in [-0.25, -0.2) is 8.78 Å². The van der Waals surface area contributed by atoms with Crippen molar-refractivity contribution in [1.29, 1.82) is 0 Å². The number of hydrogen-bond acceptors (Lipinski definition) is 8. The first-order valence-electron chi connectivity index (χ1n) is 12.8. The predicted octanol–water partition coefficient (Wildman–Crippen LogP) is 5.49. The number of anilines is 1. The Labute approximate surface area is 229 Å². The lowest BCUT2D eigenvalue weighted by Crippen LogP contribution is -2.15. The van der Waals surface area contributed by atoms with Gasteiger partial charge in [-0.05, 0) is 51.1 Å². The van der Waals surface area contributed by atoms with Crippen molar-refractivity contribution in [1.82, 2.24) is 15.3 Å². The second kappa shape index (κ2) is 12.1. The van der Waals surface area contributed by atoms with Gasteiger partial charge in [0.15, 0.2) is 28.9 Å². The second-order valence-electron chi connectivity index (χ2n) is 9.15. The monoisotopic (exact) mass is 550 g/mol. The van der Waals surface area contributed by atoms with E-state index in [4.69, 9.17) is 18.9 Å². The molecule has 1 amide bonds. The summed E-state index contributed by atoms with van der Waals surface area (Å²) in [4.78, 5) is 21.1. The highest BCUT2D eigenvalue weighted by molar-refractivity contribution is 6.06. The summed E-state index contributed by atoms with van der Waals surface area (Å²) >= 11 is 0. The van der Waals surface area contributed by atoms with Crippen LogP contribution in [0.2, 0.25) is 0 Å². The molecule has 5 rings (SSSR count). The lowest BCUT2D eigenvalue weighted by Gasteiger charge is -2.15. The first-order valence-corrected chi connectivity index (χ1v) is 12.8. The highest BCUT2D eigenvalue weighted by Crippen LogP contribution is 2.39. The minimum atomic E-state index is -1.00. The number of carbonyl (C=O) groups excluding carboxylic acids is 1. The van der Waals surface area contributed by atoms with Gasteiger partial charge in [-0.3, -0.25) is 14.8 Å².